The summed E-state index contributed by atoms with van der Waals surface area (Å²) in [6.45, 7) is 7.57. The SMILES string of the molecule is CC(=O)N1CCN2c3cc4c(=N[C@H](C)c5cccc(C(F)F)c5F)nc(C)n(C)c4cc3OCC[C@@H]2C1. The van der Waals surface area contributed by atoms with E-state index in [2.05, 4.69) is 9.88 Å². The lowest BCUT2D eigenvalue weighted by Crippen LogP contribution is -2.54. The zero-order valence-corrected chi connectivity index (χ0v) is 21.3. The second kappa shape index (κ2) is 9.72. The Labute approximate surface area is 213 Å². The first-order valence-corrected chi connectivity index (χ1v) is 12.4. The maximum absolute atomic E-state index is 14.9. The number of fused-ring (bicyclic) bond motifs is 4. The van der Waals surface area contributed by atoms with Crippen LogP contribution in [-0.4, -0.2) is 52.6 Å². The van der Waals surface area contributed by atoms with Crippen LogP contribution in [0.15, 0.2) is 35.3 Å². The normalized spacial score (nSPS) is 18.9. The van der Waals surface area contributed by atoms with Crippen LogP contribution in [0.2, 0.25) is 0 Å². The lowest BCUT2D eigenvalue weighted by molar-refractivity contribution is -0.129. The summed E-state index contributed by atoms with van der Waals surface area (Å²) in [6.07, 6.45) is -2.12. The summed E-state index contributed by atoms with van der Waals surface area (Å²) in [5, 5.41) is 0.752. The number of rotatable bonds is 3. The van der Waals surface area contributed by atoms with Gasteiger partial charge in [-0.2, -0.15) is 0 Å². The maximum atomic E-state index is 14.9. The Balaban J connectivity index is 1.65. The van der Waals surface area contributed by atoms with E-state index in [1.807, 2.05) is 35.6 Å². The summed E-state index contributed by atoms with van der Waals surface area (Å²) in [4.78, 5) is 25.5. The summed E-state index contributed by atoms with van der Waals surface area (Å²) in [6, 6.07) is 7.35. The molecule has 10 heteroatoms. The minimum absolute atomic E-state index is 0.0634. The molecule has 3 heterocycles. The molecule has 7 nitrogen and oxygen atoms in total. The number of hydrogen-bond donors (Lipinski definition) is 0. The Kier molecular flexibility index (Phi) is 6.59. The molecule has 2 aromatic carbocycles. The summed E-state index contributed by atoms with van der Waals surface area (Å²) < 4.78 is 49.5. The van der Waals surface area contributed by atoms with Gasteiger partial charge in [-0.25, -0.2) is 18.2 Å². The van der Waals surface area contributed by atoms with Crippen molar-refractivity contribution in [1.82, 2.24) is 14.5 Å². The highest BCUT2D eigenvalue weighted by Gasteiger charge is 2.32. The van der Waals surface area contributed by atoms with Gasteiger partial charge in [0.1, 0.15) is 17.4 Å². The average Bonchev–Trinajstić information content (AvgIpc) is 3.04. The number of alkyl halides is 2. The zero-order chi connectivity index (χ0) is 26.4. The molecule has 1 fully saturated rings. The molecule has 0 spiro atoms. The minimum atomic E-state index is -2.91. The second-order valence-corrected chi connectivity index (χ2v) is 9.68. The third-order valence-electron chi connectivity index (χ3n) is 7.44. The first-order valence-electron chi connectivity index (χ1n) is 12.4. The van der Waals surface area contributed by atoms with Gasteiger partial charge in [-0.3, -0.25) is 9.79 Å². The van der Waals surface area contributed by atoms with Gasteiger partial charge >= 0.3 is 0 Å². The fourth-order valence-electron chi connectivity index (χ4n) is 5.24. The molecular formula is C27H30F3N5O2. The van der Waals surface area contributed by atoms with Gasteiger partial charge in [-0.1, -0.05) is 18.2 Å². The molecule has 0 N–H and O–H groups in total. The first kappa shape index (κ1) is 25.1. The van der Waals surface area contributed by atoms with E-state index < -0.39 is 23.8 Å². The van der Waals surface area contributed by atoms with Crippen molar-refractivity contribution >= 4 is 22.5 Å². The number of ether oxygens (including phenoxy) is 1. The summed E-state index contributed by atoms with van der Waals surface area (Å²) in [7, 11) is 1.90. The summed E-state index contributed by atoms with van der Waals surface area (Å²) >= 11 is 0. The van der Waals surface area contributed by atoms with Crippen LogP contribution in [0.3, 0.4) is 0 Å². The Bertz CT molecular complexity index is 1440. The van der Waals surface area contributed by atoms with Crippen LogP contribution in [0, 0.1) is 12.7 Å². The number of carbonyl (C=O) groups is 1. The van der Waals surface area contributed by atoms with Crippen LogP contribution < -0.4 is 15.1 Å². The van der Waals surface area contributed by atoms with Crippen molar-refractivity contribution < 1.29 is 22.7 Å². The van der Waals surface area contributed by atoms with E-state index in [1.165, 1.54) is 12.1 Å². The largest absolute Gasteiger partial charge is 0.491 e. The topological polar surface area (TPSA) is 63.0 Å². The predicted octanol–water partition coefficient (Wildman–Crippen LogP) is 4.44. The molecule has 2 aliphatic rings. The predicted molar refractivity (Wildman–Crippen MR) is 134 cm³/mol. The van der Waals surface area contributed by atoms with Crippen LogP contribution in [0.1, 0.15) is 49.7 Å². The molecule has 37 heavy (non-hydrogen) atoms. The van der Waals surface area contributed by atoms with Crippen LogP contribution in [-0.2, 0) is 11.8 Å². The minimum Gasteiger partial charge on any atom is -0.491 e. The van der Waals surface area contributed by atoms with Crippen molar-refractivity contribution in [2.24, 2.45) is 12.0 Å². The van der Waals surface area contributed by atoms with Gasteiger partial charge < -0.3 is 19.1 Å². The standard InChI is InChI=1S/C27H30F3N5O2/c1-15(19-6-5-7-20(25(19)28)26(29)30)31-27-21-12-23-24(13-22(21)33(4)16(2)32-27)37-11-8-18-14-34(17(3)36)9-10-35(18)23/h5-7,12-13,15,18,26H,8-11,14H2,1-4H3/t15-,18-/m1/s1. The van der Waals surface area contributed by atoms with Gasteiger partial charge in [0.25, 0.3) is 6.43 Å². The quantitative estimate of drug-likeness (QED) is 0.520. The maximum Gasteiger partial charge on any atom is 0.266 e. The third kappa shape index (κ3) is 4.53. The van der Waals surface area contributed by atoms with Crippen molar-refractivity contribution in [3.63, 3.8) is 0 Å². The number of aromatic nitrogens is 2. The van der Waals surface area contributed by atoms with E-state index in [4.69, 9.17) is 9.73 Å². The van der Waals surface area contributed by atoms with Gasteiger partial charge in [0, 0.05) is 57.0 Å². The molecule has 5 rings (SSSR count). The van der Waals surface area contributed by atoms with Gasteiger partial charge in [0.15, 0.2) is 5.49 Å². The lowest BCUT2D eigenvalue weighted by atomic mass is 10.0. The number of hydrogen-bond acceptors (Lipinski definition) is 5. The van der Waals surface area contributed by atoms with Crippen LogP contribution in [0.5, 0.6) is 5.75 Å². The lowest BCUT2D eigenvalue weighted by Gasteiger charge is -2.41. The molecule has 0 bridgehead atoms. The fraction of sp³-hybridized carbons (Fsp3) is 0.444. The number of nitrogens with zero attached hydrogens (tertiary/aromatic N) is 5. The van der Waals surface area contributed by atoms with Crippen LogP contribution >= 0.6 is 0 Å². The fourth-order valence-corrected chi connectivity index (χ4v) is 5.24. The van der Waals surface area contributed by atoms with Gasteiger partial charge in [0.2, 0.25) is 5.91 Å². The van der Waals surface area contributed by atoms with E-state index >= 15 is 0 Å². The molecule has 1 aromatic heterocycles. The number of amides is 1. The summed E-state index contributed by atoms with van der Waals surface area (Å²) in [5.74, 6) is 0.571. The Morgan fingerprint density at radius 1 is 1.22 bits per heavy atom. The third-order valence-corrected chi connectivity index (χ3v) is 7.44. The van der Waals surface area contributed by atoms with E-state index in [1.54, 1.807) is 13.8 Å². The van der Waals surface area contributed by atoms with Crippen molar-refractivity contribution in [3.8, 4) is 5.75 Å². The molecule has 2 atom stereocenters. The van der Waals surface area contributed by atoms with Crippen molar-refractivity contribution in [2.45, 2.75) is 45.7 Å². The molecule has 0 aliphatic carbocycles. The summed E-state index contributed by atoms with van der Waals surface area (Å²) in [5.41, 5.74) is 1.62. The van der Waals surface area contributed by atoms with Gasteiger partial charge in [-0.05, 0) is 19.9 Å². The van der Waals surface area contributed by atoms with Crippen molar-refractivity contribution in [3.05, 3.63) is 58.6 Å². The Morgan fingerprint density at radius 3 is 2.70 bits per heavy atom. The van der Waals surface area contributed by atoms with E-state index in [0.29, 0.717) is 37.6 Å². The molecule has 0 unspecified atom stereocenters. The number of piperazine rings is 1. The number of benzene rings is 2. The van der Waals surface area contributed by atoms with Crippen molar-refractivity contribution in [1.29, 1.82) is 0 Å². The van der Waals surface area contributed by atoms with Crippen LogP contribution in [0.25, 0.3) is 10.9 Å². The molecule has 0 saturated carbocycles. The van der Waals surface area contributed by atoms with E-state index in [0.717, 1.165) is 34.8 Å². The number of aryl methyl sites for hydroxylation is 2. The number of anilines is 1. The first-order chi connectivity index (χ1) is 17.7. The van der Waals surface area contributed by atoms with Gasteiger partial charge in [-0.15, -0.1) is 0 Å². The van der Waals surface area contributed by atoms with E-state index in [9.17, 15) is 18.0 Å². The second-order valence-electron chi connectivity index (χ2n) is 9.68. The number of halogens is 3. The molecule has 196 valence electrons. The van der Waals surface area contributed by atoms with Crippen LogP contribution in [0.4, 0.5) is 18.9 Å². The molecule has 1 saturated heterocycles. The Morgan fingerprint density at radius 2 is 1.97 bits per heavy atom. The highest BCUT2D eigenvalue weighted by atomic mass is 19.3. The molecule has 2 aliphatic heterocycles. The van der Waals surface area contributed by atoms with E-state index in [-0.39, 0.29) is 17.5 Å². The molecule has 1 amide bonds. The molecule has 0 radical (unpaired) electrons. The highest BCUT2D eigenvalue weighted by molar-refractivity contribution is 5.86. The number of carbonyl (C=O) groups excluding carboxylic acids is 1. The molecule has 3 aromatic rings. The molecular weight excluding hydrogens is 483 g/mol. The monoisotopic (exact) mass is 513 g/mol. The smallest absolute Gasteiger partial charge is 0.266 e. The zero-order valence-electron chi connectivity index (χ0n) is 21.3. The van der Waals surface area contributed by atoms with Gasteiger partial charge in [0.05, 0.1) is 35.5 Å². The average molecular weight is 514 g/mol. The highest BCUT2D eigenvalue weighted by Crippen LogP contribution is 2.37. The Hall–Kier alpha value is -3.56. The van der Waals surface area contributed by atoms with Crippen molar-refractivity contribution in [2.75, 3.05) is 31.1 Å².